The summed E-state index contributed by atoms with van der Waals surface area (Å²) in [7, 11) is 0. The van der Waals surface area contributed by atoms with E-state index in [1.54, 1.807) is 5.56 Å². The maximum atomic E-state index is 5.67. The summed E-state index contributed by atoms with van der Waals surface area (Å²) in [5, 5.41) is 0. The molecule has 0 aliphatic heterocycles. The third kappa shape index (κ3) is 6.07. The van der Waals surface area contributed by atoms with Gasteiger partial charge in [0.1, 0.15) is 0 Å². The van der Waals surface area contributed by atoms with Gasteiger partial charge in [-0.1, -0.05) is 42.5 Å². The average Bonchev–Trinajstić information content (AvgIpc) is 2.73. The van der Waals surface area contributed by atoms with E-state index in [2.05, 4.69) is 49.9 Å². The zero-order valence-electron chi connectivity index (χ0n) is 17.2. The molecule has 0 bridgehead atoms. The first kappa shape index (κ1) is 20.4. The fourth-order valence-electron chi connectivity index (χ4n) is 5.25. The van der Waals surface area contributed by atoms with E-state index in [9.17, 15) is 0 Å². The number of hydrogen-bond acceptors (Lipinski definition) is 1. The Bertz CT molecular complexity index is 569. The molecule has 0 radical (unpaired) electrons. The second-order valence-corrected chi connectivity index (χ2v) is 8.68. The quantitative estimate of drug-likeness (QED) is 0.343. The van der Waals surface area contributed by atoms with Gasteiger partial charge in [0.05, 0.1) is 13.2 Å². The Hall–Kier alpha value is -1.34. The van der Waals surface area contributed by atoms with Crippen molar-refractivity contribution in [2.45, 2.75) is 77.2 Å². The molecule has 0 spiro atoms. The van der Waals surface area contributed by atoms with Gasteiger partial charge in [-0.2, -0.15) is 0 Å². The highest BCUT2D eigenvalue weighted by Gasteiger charge is 2.30. The Morgan fingerprint density at radius 3 is 2.15 bits per heavy atom. The van der Waals surface area contributed by atoms with Crippen molar-refractivity contribution < 1.29 is 4.74 Å². The predicted octanol–water partition coefficient (Wildman–Crippen LogP) is 7.44. The van der Waals surface area contributed by atoms with Gasteiger partial charge in [-0.05, 0) is 99.5 Å². The van der Waals surface area contributed by atoms with Crippen molar-refractivity contribution in [3.8, 4) is 0 Å². The normalized spacial score (nSPS) is 29.1. The van der Waals surface area contributed by atoms with Crippen molar-refractivity contribution in [2.24, 2.45) is 17.8 Å². The lowest BCUT2D eigenvalue weighted by Crippen LogP contribution is -2.25. The van der Waals surface area contributed by atoms with Gasteiger partial charge in [0, 0.05) is 0 Å². The van der Waals surface area contributed by atoms with Crippen molar-refractivity contribution in [3.63, 3.8) is 0 Å². The Balaban J connectivity index is 1.42. The van der Waals surface area contributed by atoms with Crippen LogP contribution >= 0.6 is 0 Å². The number of ether oxygens (including phenoxy) is 1. The van der Waals surface area contributed by atoms with Crippen LogP contribution in [0.4, 0.5) is 0 Å². The minimum absolute atomic E-state index is 0.719. The summed E-state index contributed by atoms with van der Waals surface area (Å²) >= 11 is 0. The lowest BCUT2D eigenvalue weighted by Gasteiger charge is -2.37. The van der Waals surface area contributed by atoms with E-state index in [4.69, 9.17) is 4.74 Å². The first-order valence-corrected chi connectivity index (χ1v) is 11.2. The van der Waals surface area contributed by atoms with E-state index >= 15 is 0 Å². The largest absolute Gasteiger partial charge is 0.376 e. The third-order valence-electron chi connectivity index (χ3n) is 6.91. The summed E-state index contributed by atoms with van der Waals surface area (Å²) in [6.07, 6.45) is 18.9. The molecule has 148 valence electrons. The number of allylic oxidation sites excluding steroid dienone is 2. The zero-order chi connectivity index (χ0) is 18.9. The third-order valence-corrected chi connectivity index (χ3v) is 6.91. The summed E-state index contributed by atoms with van der Waals surface area (Å²) in [5.74, 6) is 3.63. The van der Waals surface area contributed by atoms with E-state index < -0.39 is 0 Å². The average molecular weight is 367 g/mol. The van der Waals surface area contributed by atoms with Crippen molar-refractivity contribution >= 4 is 0 Å². The Morgan fingerprint density at radius 2 is 1.56 bits per heavy atom. The molecule has 1 aromatic rings. The molecule has 2 saturated carbocycles. The van der Waals surface area contributed by atoms with E-state index in [1.165, 1.54) is 56.9 Å². The van der Waals surface area contributed by atoms with Crippen LogP contribution in [0.1, 0.15) is 81.8 Å². The standard InChI is InChI=1S/C26H38O/c1-3-5-19-27-20-22-9-13-24(14-10-22)26-17-15-25(16-18-26)23-11-7-21(6-4-2)8-12-23/h3-4,6,9-10,13-14,21,23,25-26H,1,5,7-8,11-12,15-20H2,2H3/b6-4-. The van der Waals surface area contributed by atoms with Crippen LogP contribution in [0.2, 0.25) is 0 Å². The van der Waals surface area contributed by atoms with Crippen molar-refractivity contribution in [3.05, 3.63) is 60.2 Å². The lowest BCUT2D eigenvalue weighted by molar-refractivity contribution is 0.125. The van der Waals surface area contributed by atoms with Crippen LogP contribution in [-0.2, 0) is 11.3 Å². The van der Waals surface area contributed by atoms with Gasteiger partial charge in [0.25, 0.3) is 0 Å². The van der Waals surface area contributed by atoms with Crippen molar-refractivity contribution in [2.75, 3.05) is 6.61 Å². The molecular formula is C26H38O. The second-order valence-electron chi connectivity index (χ2n) is 8.68. The SMILES string of the molecule is C=CCCOCc1ccc(C2CCC(C3CCC(/C=C\C)CC3)CC2)cc1. The molecule has 0 amide bonds. The zero-order valence-corrected chi connectivity index (χ0v) is 17.2. The molecule has 1 aromatic carbocycles. The molecule has 1 nitrogen and oxygen atoms in total. The van der Waals surface area contributed by atoms with Gasteiger partial charge in [0.15, 0.2) is 0 Å². The van der Waals surface area contributed by atoms with Crippen LogP contribution in [0.15, 0.2) is 49.1 Å². The minimum Gasteiger partial charge on any atom is -0.376 e. The van der Waals surface area contributed by atoms with E-state index in [0.29, 0.717) is 0 Å². The molecule has 0 saturated heterocycles. The van der Waals surface area contributed by atoms with Crippen LogP contribution in [-0.4, -0.2) is 6.61 Å². The first-order valence-electron chi connectivity index (χ1n) is 11.2. The van der Waals surface area contributed by atoms with E-state index in [1.807, 2.05) is 6.08 Å². The predicted molar refractivity (Wildman–Crippen MR) is 116 cm³/mol. The Morgan fingerprint density at radius 1 is 0.926 bits per heavy atom. The molecule has 0 N–H and O–H groups in total. The van der Waals surface area contributed by atoms with Gasteiger partial charge < -0.3 is 4.74 Å². The fraction of sp³-hybridized carbons (Fsp3) is 0.615. The Labute approximate surface area is 166 Å². The van der Waals surface area contributed by atoms with Gasteiger partial charge in [-0.3, -0.25) is 0 Å². The molecule has 0 aromatic heterocycles. The number of hydrogen-bond donors (Lipinski definition) is 0. The summed E-state index contributed by atoms with van der Waals surface area (Å²) in [6.45, 7) is 7.38. The second kappa shape index (κ2) is 10.9. The molecular weight excluding hydrogens is 328 g/mol. The van der Waals surface area contributed by atoms with Crippen LogP contribution < -0.4 is 0 Å². The summed E-state index contributed by atoms with van der Waals surface area (Å²) < 4.78 is 5.67. The maximum Gasteiger partial charge on any atom is 0.0717 e. The number of rotatable bonds is 8. The van der Waals surface area contributed by atoms with Crippen LogP contribution in [0, 0.1) is 17.8 Å². The monoisotopic (exact) mass is 366 g/mol. The van der Waals surface area contributed by atoms with E-state index in [0.717, 1.165) is 43.3 Å². The molecule has 1 heteroatoms. The Kier molecular flexibility index (Phi) is 8.20. The van der Waals surface area contributed by atoms with Crippen LogP contribution in [0.25, 0.3) is 0 Å². The fourth-order valence-corrected chi connectivity index (χ4v) is 5.25. The van der Waals surface area contributed by atoms with Gasteiger partial charge >= 0.3 is 0 Å². The van der Waals surface area contributed by atoms with Crippen LogP contribution in [0.3, 0.4) is 0 Å². The highest BCUT2D eigenvalue weighted by molar-refractivity contribution is 5.25. The molecule has 2 aliphatic rings. The minimum atomic E-state index is 0.719. The first-order chi connectivity index (χ1) is 13.3. The molecule has 2 fully saturated rings. The molecule has 0 unspecified atom stereocenters. The molecule has 0 atom stereocenters. The van der Waals surface area contributed by atoms with Gasteiger partial charge in [0.2, 0.25) is 0 Å². The highest BCUT2D eigenvalue weighted by Crippen LogP contribution is 2.44. The molecule has 3 rings (SSSR count). The smallest absolute Gasteiger partial charge is 0.0717 e. The molecule has 27 heavy (non-hydrogen) atoms. The van der Waals surface area contributed by atoms with E-state index in [-0.39, 0.29) is 0 Å². The topological polar surface area (TPSA) is 9.23 Å². The van der Waals surface area contributed by atoms with Crippen molar-refractivity contribution in [1.82, 2.24) is 0 Å². The maximum absolute atomic E-state index is 5.67. The lowest BCUT2D eigenvalue weighted by atomic mass is 9.68. The molecule has 2 aliphatic carbocycles. The summed E-state index contributed by atoms with van der Waals surface area (Å²) in [5.41, 5.74) is 2.83. The van der Waals surface area contributed by atoms with Crippen molar-refractivity contribution in [1.29, 1.82) is 0 Å². The summed E-state index contributed by atoms with van der Waals surface area (Å²) in [6, 6.07) is 9.22. The molecule has 0 heterocycles. The van der Waals surface area contributed by atoms with Gasteiger partial charge in [-0.15, -0.1) is 6.58 Å². The van der Waals surface area contributed by atoms with Crippen LogP contribution in [0.5, 0.6) is 0 Å². The highest BCUT2D eigenvalue weighted by atomic mass is 16.5. The van der Waals surface area contributed by atoms with Gasteiger partial charge in [-0.25, -0.2) is 0 Å². The summed E-state index contributed by atoms with van der Waals surface area (Å²) in [4.78, 5) is 0. The number of benzene rings is 1.